The maximum absolute atomic E-state index is 6.28. The fourth-order valence-electron chi connectivity index (χ4n) is 7.11. The van der Waals surface area contributed by atoms with E-state index in [4.69, 9.17) is 9.47 Å². The van der Waals surface area contributed by atoms with Crippen molar-refractivity contribution in [3.05, 3.63) is 140 Å². The Labute approximate surface area is 324 Å². The number of nitrogens with zero attached hydrogens (tertiary/aromatic N) is 1. The largest absolute Gasteiger partial charge is 0.493 e. The molecule has 0 radical (unpaired) electrons. The second-order valence-electron chi connectivity index (χ2n) is 14.7. The number of aromatic nitrogens is 1. The van der Waals surface area contributed by atoms with Crippen LogP contribution in [0.5, 0.6) is 11.5 Å². The van der Waals surface area contributed by atoms with Crippen LogP contribution < -0.4 is 9.47 Å². The highest BCUT2D eigenvalue weighted by atomic mass is 16.5. The lowest BCUT2D eigenvalue weighted by atomic mass is 9.92. The van der Waals surface area contributed by atoms with Crippen LogP contribution in [0.25, 0.3) is 55.8 Å². The molecule has 0 aliphatic carbocycles. The molecule has 2 unspecified atom stereocenters. The van der Waals surface area contributed by atoms with E-state index >= 15 is 0 Å². The molecule has 0 aliphatic heterocycles. The Morgan fingerprint density at radius 3 is 1.30 bits per heavy atom. The molecular formula is C51H57NO2. The predicted octanol–water partition coefficient (Wildman–Crippen LogP) is 14.6. The van der Waals surface area contributed by atoms with Crippen molar-refractivity contribution in [2.75, 3.05) is 13.2 Å². The van der Waals surface area contributed by atoms with Gasteiger partial charge in [0.2, 0.25) is 0 Å². The van der Waals surface area contributed by atoms with Gasteiger partial charge in [-0.25, -0.2) is 0 Å². The first-order valence-electron chi connectivity index (χ1n) is 20.3. The first-order valence-corrected chi connectivity index (χ1v) is 20.3. The quantitative estimate of drug-likeness (QED) is 0.0837. The molecule has 0 aliphatic rings. The zero-order valence-electron chi connectivity index (χ0n) is 32.8. The van der Waals surface area contributed by atoms with Gasteiger partial charge in [-0.15, -0.1) is 0 Å². The Morgan fingerprint density at radius 2 is 0.852 bits per heavy atom. The predicted molar refractivity (Wildman–Crippen MR) is 229 cm³/mol. The number of pyridine rings is 1. The standard InChI is InChI=1S/C51H57NO2/c1-5-9-15-38(7-3)36-53-49-26-22-40(23-27-49)46-33-47(41-24-28-50(29-25-41)54-37-39(8-4)16-10-6-2)35-48(34-46)44-19-13-17-42(31-44)43-18-14-20-45(32-43)51-21-11-12-30-52-51/h11-14,17-35,38-39H,5-10,15-16,36-37H2,1-4H3. The molecule has 3 nitrogen and oxygen atoms in total. The minimum atomic E-state index is 0.600. The maximum atomic E-state index is 6.28. The van der Waals surface area contributed by atoms with Crippen molar-refractivity contribution < 1.29 is 9.47 Å². The van der Waals surface area contributed by atoms with Crippen LogP contribution >= 0.6 is 0 Å². The van der Waals surface area contributed by atoms with Crippen LogP contribution in [0.4, 0.5) is 0 Å². The molecule has 6 aromatic rings. The van der Waals surface area contributed by atoms with E-state index in [1.807, 2.05) is 18.3 Å². The molecule has 0 spiro atoms. The van der Waals surface area contributed by atoms with Crippen molar-refractivity contribution in [2.24, 2.45) is 11.8 Å². The molecule has 2 atom stereocenters. The van der Waals surface area contributed by atoms with Gasteiger partial charge in [0.05, 0.1) is 18.9 Å². The highest BCUT2D eigenvalue weighted by Crippen LogP contribution is 2.36. The molecule has 0 amide bonds. The Balaban J connectivity index is 1.30. The minimum Gasteiger partial charge on any atom is -0.493 e. The average Bonchev–Trinajstić information content (AvgIpc) is 3.24. The number of unbranched alkanes of at least 4 members (excludes halogenated alkanes) is 2. The van der Waals surface area contributed by atoms with E-state index in [1.165, 1.54) is 83.0 Å². The third kappa shape index (κ3) is 10.5. The summed E-state index contributed by atoms with van der Waals surface area (Å²) in [7, 11) is 0. The number of hydrogen-bond acceptors (Lipinski definition) is 3. The van der Waals surface area contributed by atoms with Crippen LogP contribution in [-0.4, -0.2) is 18.2 Å². The molecule has 1 aromatic heterocycles. The molecule has 278 valence electrons. The summed E-state index contributed by atoms with van der Waals surface area (Å²) >= 11 is 0. The lowest BCUT2D eigenvalue weighted by Gasteiger charge is -2.16. The van der Waals surface area contributed by atoms with Crippen LogP contribution in [0, 0.1) is 11.8 Å². The molecule has 0 N–H and O–H groups in total. The summed E-state index contributed by atoms with van der Waals surface area (Å²) in [4.78, 5) is 4.59. The Kier molecular flexibility index (Phi) is 14.1. The maximum Gasteiger partial charge on any atom is 0.119 e. The van der Waals surface area contributed by atoms with E-state index in [0.717, 1.165) is 48.8 Å². The molecule has 1 heterocycles. The highest BCUT2D eigenvalue weighted by Gasteiger charge is 2.12. The van der Waals surface area contributed by atoms with Gasteiger partial charge in [-0.3, -0.25) is 4.98 Å². The first-order chi connectivity index (χ1) is 26.6. The van der Waals surface area contributed by atoms with E-state index in [9.17, 15) is 0 Å². The van der Waals surface area contributed by atoms with Gasteiger partial charge in [0.15, 0.2) is 0 Å². The van der Waals surface area contributed by atoms with E-state index in [0.29, 0.717) is 11.8 Å². The summed E-state index contributed by atoms with van der Waals surface area (Å²) in [5.74, 6) is 3.06. The molecule has 0 bridgehead atoms. The van der Waals surface area contributed by atoms with Gasteiger partial charge < -0.3 is 9.47 Å². The van der Waals surface area contributed by atoms with Gasteiger partial charge >= 0.3 is 0 Å². The zero-order chi connectivity index (χ0) is 37.5. The Morgan fingerprint density at radius 1 is 0.426 bits per heavy atom. The van der Waals surface area contributed by atoms with E-state index in [2.05, 4.69) is 154 Å². The Hall–Kier alpha value is -5.15. The van der Waals surface area contributed by atoms with E-state index in [1.54, 1.807) is 0 Å². The molecule has 3 heteroatoms. The number of rotatable bonds is 19. The Bertz CT molecular complexity index is 1930. The third-order valence-corrected chi connectivity index (χ3v) is 10.7. The molecule has 5 aromatic carbocycles. The average molecular weight is 716 g/mol. The minimum absolute atomic E-state index is 0.600. The molecule has 0 saturated heterocycles. The van der Waals surface area contributed by atoms with Crippen LogP contribution in [-0.2, 0) is 0 Å². The number of hydrogen-bond donors (Lipinski definition) is 0. The van der Waals surface area contributed by atoms with Gasteiger partial charge in [0.25, 0.3) is 0 Å². The normalized spacial score (nSPS) is 12.3. The van der Waals surface area contributed by atoms with E-state index < -0.39 is 0 Å². The molecule has 54 heavy (non-hydrogen) atoms. The topological polar surface area (TPSA) is 31.4 Å². The third-order valence-electron chi connectivity index (χ3n) is 10.7. The summed E-state index contributed by atoms with van der Waals surface area (Å²) < 4.78 is 12.6. The number of benzene rings is 5. The fourth-order valence-corrected chi connectivity index (χ4v) is 7.11. The molecule has 0 fully saturated rings. The highest BCUT2D eigenvalue weighted by molar-refractivity contribution is 5.83. The molecule has 0 saturated carbocycles. The van der Waals surface area contributed by atoms with Crippen molar-refractivity contribution in [3.63, 3.8) is 0 Å². The molecule has 6 rings (SSSR count). The van der Waals surface area contributed by atoms with Gasteiger partial charge in [-0.1, -0.05) is 133 Å². The van der Waals surface area contributed by atoms with Gasteiger partial charge in [0, 0.05) is 11.8 Å². The van der Waals surface area contributed by atoms with Crippen molar-refractivity contribution in [1.29, 1.82) is 0 Å². The van der Waals surface area contributed by atoms with Crippen molar-refractivity contribution >= 4 is 0 Å². The molecular weight excluding hydrogens is 659 g/mol. The van der Waals surface area contributed by atoms with Crippen molar-refractivity contribution in [2.45, 2.75) is 79.1 Å². The van der Waals surface area contributed by atoms with Crippen LogP contribution in [0.1, 0.15) is 79.1 Å². The van der Waals surface area contributed by atoms with Gasteiger partial charge in [-0.2, -0.15) is 0 Å². The van der Waals surface area contributed by atoms with Gasteiger partial charge in [0.1, 0.15) is 11.5 Å². The van der Waals surface area contributed by atoms with Crippen LogP contribution in [0.2, 0.25) is 0 Å². The van der Waals surface area contributed by atoms with Crippen LogP contribution in [0.3, 0.4) is 0 Å². The number of ether oxygens (including phenoxy) is 2. The second-order valence-corrected chi connectivity index (χ2v) is 14.7. The lowest BCUT2D eigenvalue weighted by molar-refractivity contribution is 0.233. The summed E-state index contributed by atoms with van der Waals surface area (Å²) in [6.07, 6.45) is 11.6. The smallest absolute Gasteiger partial charge is 0.119 e. The summed E-state index contributed by atoms with van der Waals surface area (Å²) in [5.41, 5.74) is 11.5. The SMILES string of the molecule is CCCCC(CC)COc1ccc(-c2cc(-c3ccc(OCC(CC)CCCC)cc3)cc(-c3cccc(-c4cccc(-c5ccccn5)c4)c3)c2)cc1. The zero-order valence-corrected chi connectivity index (χ0v) is 32.8. The second kappa shape index (κ2) is 19.8. The lowest BCUT2D eigenvalue weighted by Crippen LogP contribution is -2.11. The van der Waals surface area contributed by atoms with E-state index in [-0.39, 0.29) is 0 Å². The first kappa shape index (κ1) is 38.6. The monoisotopic (exact) mass is 715 g/mol. The van der Waals surface area contributed by atoms with Crippen molar-refractivity contribution in [1.82, 2.24) is 4.98 Å². The summed E-state index contributed by atoms with van der Waals surface area (Å²) in [6, 6.07) is 47.8. The summed E-state index contributed by atoms with van der Waals surface area (Å²) in [5, 5.41) is 0. The fraction of sp³-hybridized carbons (Fsp3) is 0.314. The summed E-state index contributed by atoms with van der Waals surface area (Å²) in [6.45, 7) is 10.6. The van der Waals surface area contributed by atoms with Gasteiger partial charge in [-0.05, 0) is 136 Å². The van der Waals surface area contributed by atoms with Crippen molar-refractivity contribution in [3.8, 4) is 67.3 Å². The van der Waals surface area contributed by atoms with Crippen LogP contribution in [0.15, 0.2) is 140 Å².